The number of nitrogens with zero attached hydrogens (tertiary/aromatic N) is 1. The molecular weight excluding hydrogens is 508 g/mol. The monoisotopic (exact) mass is 516 g/mol. The maximum Gasteiger partial charge on any atom is 0.234 e. The Hall–Kier alpha value is 0.300. The van der Waals surface area contributed by atoms with Gasteiger partial charge >= 0.3 is 0 Å². The third kappa shape index (κ3) is 4.63. The first kappa shape index (κ1) is 17.7. The van der Waals surface area contributed by atoms with Crippen molar-refractivity contribution in [2.24, 2.45) is 4.99 Å². The molecule has 114 valence electrons. The van der Waals surface area contributed by atoms with Crippen LogP contribution in [0.15, 0.2) is 24.5 Å². The molecule has 0 spiro atoms. The number of nitrogens with one attached hydrogen (secondary N) is 1. The number of halogens is 3. The topological polar surface area (TPSA) is 50.7 Å². The van der Waals surface area contributed by atoms with Crippen LogP contribution in [-0.4, -0.2) is 35.4 Å². The number of thioether (sulfide) groups is 2. The number of ether oxygens (including phenoxy) is 1. The Kier molecular flexibility index (Phi) is 6.92. The Morgan fingerprint density at radius 3 is 2.86 bits per heavy atom. The molecule has 0 bridgehead atoms. The molecule has 9 heteroatoms. The van der Waals surface area contributed by atoms with Gasteiger partial charge in [0.25, 0.3) is 0 Å². The molecule has 2 rings (SSSR count). The summed E-state index contributed by atoms with van der Waals surface area (Å²) in [6, 6.07) is 1.80. The average molecular weight is 519 g/mol. The molecule has 1 aromatic rings. The highest BCUT2D eigenvalue weighted by Gasteiger charge is 2.17. The molecule has 1 aliphatic heterocycles. The van der Waals surface area contributed by atoms with Gasteiger partial charge in [0.05, 0.1) is 34.0 Å². The van der Waals surface area contributed by atoms with Crippen LogP contribution in [0.5, 0.6) is 5.75 Å². The van der Waals surface area contributed by atoms with E-state index in [4.69, 9.17) is 4.74 Å². The van der Waals surface area contributed by atoms with Gasteiger partial charge in [-0.15, -0.1) is 0 Å². The van der Waals surface area contributed by atoms with E-state index in [-0.39, 0.29) is 5.91 Å². The van der Waals surface area contributed by atoms with Crippen molar-refractivity contribution in [2.75, 3.05) is 30.5 Å². The number of rotatable bonds is 4. The molecule has 0 aliphatic carbocycles. The van der Waals surface area contributed by atoms with Gasteiger partial charge in [-0.05, 0) is 53.9 Å². The Balaban J connectivity index is 2.05. The molecule has 0 radical (unpaired) electrons. The predicted molar refractivity (Wildman–Crippen MR) is 102 cm³/mol. The van der Waals surface area contributed by atoms with Crippen molar-refractivity contribution in [3.8, 4) is 5.75 Å². The van der Waals surface area contributed by atoms with Crippen LogP contribution in [0.25, 0.3) is 0 Å². The number of benzene rings is 1. The largest absolute Gasteiger partial charge is 0.495 e. The molecule has 21 heavy (non-hydrogen) atoms. The van der Waals surface area contributed by atoms with Crippen molar-refractivity contribution < 1.29 is 9.53 Å². The van der Waals surface area contributed by atoms with Crippen molar-refractivity contribution in [1.29, 1.82) is 0 Å². The van der Waals surface area contributed by atoms with E-state index >= 15 is 0 Å². The van der Waals surface area contributed by atoms with Gasteiger partial charge in [-0.2, -0.15) is 0 Å². The highest BCUT2D eigenvalue weighted by atomic mass is 79.9. The molecule has 1 amide bonds. The summed E-state index contributed by atoms with van der Waals surface area (Å²) in [7, 11) is 1.59. The Bertz CT molecular complexity index is 596. The Labute approximate surface area is 156 Å². The molecule has 1 N–H and O–H groups in total. The first-order chi connectivity index (χ1) is 10.0. The fourth-order valence-electron chi connectivity index (χ4n) is 1.54. The van der Waals surface area contributed by atoms with Gasteiger partial charge in [-0.1, -0.05) is 23.5 Å². The summed E-state index contributed by atoms with van der Waals surface area (Å²) in [6.45, 7) is 0.844. The fraction of sp³-hybridized carbons (Fsp3) is 0.333. The van der Waals surface area contributed by atoms with E-state index in [2.05, 4.69) is 58.1 Å². The minimum absolute atomic E-state index is 0.0753. The third-order valence-electron chi connectivity index (χ3n) is 2.49. The lowest BCUT2D eigenvalue weighted by Gasteiger charge is -2.13. The van der Waals surface area contributed by atoms with E-state index in [1.807, 2.05) is 0 Å². The zero-order chi connectivity index (χ0) is 15.4. The molecule has 1 aromatic carbocycles. The number of methoxy groups -OCH3 is 1. The van der Waals surface area contributed by atoms with Gasteiger partial charge in [0, 0.05) is 10.2 Å². The first-order valence-electron chi connectivity index (χ1n) is 5.84. The Morgan fingerprint density at radius 1 is 1.48 bits per heavy atom. The highest BCUT2D eigenvalue weighted by Crippen LogP contribution is 2.42. The Morgan fingerprint density at radius 2 is 2.24 bits per heavy atom. The van der Waals surface area contributed by atoms with Crippen molar-refractivity contribution in [1.82, 2.24) is 0 Å². The standard InChI is InChI=1S/C12H11Br3N2O2S2/c1-19-7-4-6(13)11(10(15)9(7)14)17-8(18)5-21-12-16-2-3-20-12/h4H,2-3,5H2,1H3,(H,17,18). The number of amides is 1. The zero-order valence-electron chi connectivity index (χ0n) is 10.9. The predicted octanol–water partition coefficient (Wildman–Crippen LogP) is 4.76. The van der Waals surface area contributed by atoms with Gasteiger partial charge in [0.15, 0.2) is 0 Å². The zero-order valence-corrected chi connectivity index (χ0v) is 17.3. The van der Waals surface area contributed by atoms with Gasteiger partial charge in [0.2, 0.25) is 5.91 Å². The molecule has 0 saturated heterocycles. The number of carbonyl (C=O) groups is 1. The molecule has 4 nitrogen and oxygen atoms in total. The molecule has 0 saturated carbocycles. The van der Waals surface area contributed by atoms with Crippen LogP contribution < -0.4 is 10.1 Å². The number of anilines is 1. The molecular formula is C12H11Br3N2O2S2. The lowest BCUT2D eigenvalue weighted by Crippen LogP contribution is -2.15. The van der Waals surface area contributed by atoms with E-state index in [0.717, 1.165) is 30.1 Å². The average Bonchev–Trinajstić information content (AvgIpc) is 2.98. The lowest BCUT2D eigenvalue weighted by molar-refractivity contribution is -0.113. The van der Waals surface area contributed by atoms with Crippen LogP contribution in [0.3, 0.4) is 0 Å². The van der Waals surface area contributed by atoms with Gasteiger partial charge in [-0.25, -0.2) is 0 Å². The smallest absolute Gasteiger partial charge is 0.234 e. The van der Waals surface area contributed by atoms with Crippen LogP contribution in [0.2, 0.25) is 0 Å². The van der Waals surface area contributed by atoms with Crippen LogP contribution in [0, 0.1) is 0 Å². The maximum atomic E-state index is 12.1. The van der Waals surface area contributed by atoms with Crippen LogP contribution in [0.1, 0.15) is 0 Å². The second-order valence-electron chi connectivity index (χ2n) is 3.90. The van der Waals surface area contributed by atoms with Gasteiger partial charge < -0.3 is 10.1 Å². The SMILES string of the molecule is COc1cc(Br)c(NC(=O)CSC2=NCCS2)c(Br)c1Br. The van der Waals surface area contributed by atoms with Crippen LogP contribution in [-0.2, 0) is 4.79 Å². The highest BCUT2D eigenvalue weighted by molar-refractivity contribution is 9.13. The summed E-state index contributed by atoms with van der Waals surface area (Å²) in [5, 5.41) is 2.89. The molecule has 0 unspecified atom stereocenters. The first-order valence-corrected chi connectivity index (χ1v) is 10.2. The lowest BCUT2D eigenvalue weighted by atomic mass is 10.3. The van der Waals surface area contributed by atoms with Crippen molar-refractivity contribution in [3.05, 3.63) is 19.5 Å². The minimum Gasteiger partial charge on any atom is -0.495 e. The third-order valence-corrected chi connectivity index (χ3v) is 7.48. The summed E-state index contributed by atoms with van der Waals surface area (Å²) in [4.78, 5) is 16.4. The van der Waals surface area contributed by atoms with Gasteiger partial charge in [0.1, 0.15) is 10.1 Å². The summed E-state index contributed by atoms with van der Waals surface area (Å²) >= 11 is 13.5. The van der Waals surface area contributed by atoms with Crippen LogP contribution in [0.4, 0.5) is 5.69 Å². The number of hydrogen-bond donors (Lipinski definition) is 1. The quantitative estimate of drug-likeness (QED) is 0.584. The normalized spacial score (nSPS) is 14.0. The molecule has 1 aliphatic rings. The minimum atomic E-state index is -0.0753. The number of hydrogen-bond acceptors (Lipinski definition) is 5. The molecule has 0 fully saturated rings. The van der Waals surface area contributed by atoms with E-state index in [0.29, 0.717) is 17.2 Å². The van der Waals surface area contributed by atoms with Gasteiger partial charge in [-0.3, -0.25) is 9.79 Å². The molecule has 1 heterocycles. The van der Waals surface area contributed by atoms with E-state index in [9.17, 15) is 4.79 Å². The van der Waals surface area contributed by atoms with Crippen LogP contribution >= 0.6 is 71.3 Å². The summed E-state index contributed by atoms with van der Waals surface area (Å²) in [5.41, 5.74) is 0.675. The fourth-order valence-corrected chi connectivity index (χ4v) is 5.11. The second-order valence-corrected chi connectivity index (χ2v) is 8.64. The second kappa shape index (κ2) is 8.24. The molecule has 0 aromatic heterocycles. The maximum absolute atomic E-state index is 12.1. The summed E-state index contributed by atoms with van der Waals surface area (Å²) < 4.78 is 8.47. The summed E-state index contributed by atoms with van der Waals surface area (Å²) in [6.07, 6.45) is 0. The van der Waals surface area contributed by atoms with Crippen molar-refractivity contribution in [2.45, 2.75) is 0 Å². The number of aliphatic imine (C=N–C) groups is 1. The van der Waals surface area contributed by atoms with E-state index < -0.39 is 0 Å². The van der Waals surface area contributed by atoms with E-state index in [1.165, 1.54) is 11.8 Å². The van der Waals surface area contributed by atoms with E-state index in [1.54, 1.807) is 24.9 Å². The summed E-state index contributed by atoms with van der Waals surface area (Å²) in [5.74, 6) is 1.95. The number of carbonyl (C=O) groups excluding carboxylic acids is 1. The molecule has 0 atom stereocenters. The van der Waals surface area contributed by atoms with Crippen molar-refractivity contribution in [3.63, 3.8) is 0 Å². The van der Waals surface area contributed by atoms with Crippen molar-refractivity contribution >= 4 is 87.3 Å².